The molecule has 8 heteroatoms. The molecule has 4 rings (SSSR count). The molecule has 4 nitrogen and oxygen atoms in total. The highest BCUT2D eigenvalue weighted by molar-refractivity contribution is 6.31. The fourth-order valence-electron chi connectivity index (χ4n) is 4.85. The Kier molecular flexibility index (Phi) is 8.07. The lowest BCUT2D eigenvalue weighted by Gasteiger charge is -2.35. The summed E-state index contributed by atoms with van der Waals surface area (Å²) >= 11 is 5.74. The first-order valence-electron chi connectivity index (χ1n) is 12.1. The summed E-state index contributed by atoms with van der Waals surface area (Å²) in [7, 11) is 0. The van der Waals surface area contributed by atoms with Crippen LogP contribution in [0.3, 0.4) is 0 Å². The monoisotopic (exact) mass is 505 g/mol. The molecule has 0 bridgehead atoms. The molecule has 0 spiro atoms. The highest BCUT2D eigenvalue weighted by Crippen LogP contribution is 2.36. The van der Waals surface area contributed by atoms with Gasteiger partial charge in [-0.2, -0.15) is 13.2 Å². The molecule has 1 unspecified atom stereocenters. The van der Waals surface area contributed by atoms with Gasteiger partial charge in [-0.3, -0.25) is 0 Å². The van der Waals surface area contributed by atoms with Crippen molar-refractivity contribution in [3.8, 4) is 0 Å². The molecule has 1 aliphatic heterocycles. The average Bonchev–Trinajstić information content (AvgIpc) is 3.34. The quantitative estimate of drug-likeness (QED) is 0.449. The van der Waals surface area contributed by atoms with E-state index >= 15 is 0 Å². The van der Waals surface area contributed by atoms with E-state index in [0.717, 1.165) is 51.4 Å². The Labute approximate surface area is 209 Å². The van der Waals surface area contributed by atoms with Gasteiger partial charge in [-0.15, -0.1) is 0 Å². The van der Waals surface area contributed by atoms with Crippen molar-refractivity contribution >= 4 is 28.9 Å². The zero-order chi connectivity index (χ0) is 25.0. The van der Waals surface area contributed by atoms with Crippen LogP contribution in [0.5, 0.6) is 0 Å². The predicted octanol–water partition coefficient (Wildman–Crippen LogP) is 7.23. The molecule has 2 amide bonds. The number of hydrogen-bond donors (Lipinski definition) is 1. The minimum atomic E-state index is -4.59. The van der Waals surface area contributed by atoms with Crippen LogP contribution < -0.4 is 5.32 Å². The minimum absolute atomic E-state index is 0.0128. The van der Waals surface area contributed by atoms with Crippen LogP contribution in [0.2, 0.25) is 5.02 Å². The first kappa shape index (κ1) is 25.6. The number of nitrogens with one attached hydrogen (secondary N) is 1. The van der Waals surface area contributed by atoms with Crippen LogP contribution in [0, 0.1) is 6.92 Å². The van der Waals surface area contributed by atoms with Gasteiger partial charge in [0.2, 0.25) is 0 Å². The number of rotatable bonds is 6. The molecule has 2 aliphatic rings. The van der Waals surface area contributed by atoms with Gasteiger partial charge in [0.1, 0.15) is 0 Å². The van der Waals surface area contributed by atoms with Crippen molar-refractivity contribution in [3.05, 3.63) is 70.3 Å². The van der Waals surface area contributed by atoms with E-state index in [0.29, 0.717) is 13.0 Å². The minimum Gasteiger partial charge on any atom is -0.320 e. The van der Waals surface area contributed by atoms with Gasteiger partial charge in [-0.1, -0.05) is 47.5 Å². The van der Waals surface area contributed by atoms with Crippen LogP contribution in [0.4, 0.5) is 23.7 Å². The SMILES string of the molecule is Cc1ccc(C2=CCC(N(CCN3CCCC3)C(=O)Nc3ccc(Cl)c(C(F)(F)F)c3)CC2)cc1. The number of amides is 2. The Balaban J connectivity index is 1.49. The van der Waals surface area contributed by atoms with E-state index < -0.39 is 11.7 Å². The van der Waals surface area contributed by atoms with Gasteiger partial charge in [0.25, 0.3) is 0 Å². The van der Waals surface area contributed by atoms with Crippen molar-refractivity contribution in [1.82, 2.24) is 9.80 Å². The molecule has 1 saturated heterocycles. The van der Waals surface area contributed by atoms with E-state index in [2.05, 4.69) is 47.5 Å². The Morgan fingerprint density at radius 2 is 1.86 bits per heavy atom. The maximum atomic E-state index is 13.3. The lowest BCUT2D eigenvalue weighted by atomic mass is 9.89. The number of carbonyl (C=O) groups excluding carboxylic acids is 1. The second kappa shape index (κ2) is 11.0. The van der Waals surface area contributed by atoms with Gasteiger partial charge in [0.15, 0.2) is 0 Å². The van der Waals surface area contributed by atoms with Crippen molar-refractivity contribution in [2.45, 2.75) is 51.2 Å². The smallest absolute Gasteiger partial charge is 0.320 e. The maximum Gasteiger partial charge on any atom is 0.417 e. The number of alkyl halides is 3. The van der Waals surface area contributed by atoms with Crippen LogP contribution >= 0.6 is 11.6 Å². The predicted molar refractivity (Wildman–Crippen MR) is 135 cm³/mol. The summed E-state index contributed by atoms with van der Waals surface area (Å²) in [4.78, 5) is 17.4. The molecule has 35 heavy (non-hydrogen) atoms. The number of hydrogen-bond acceptors (Lipinski definition) is 2. The maximum absolute atomic E-state index is 13.3. The molecule has 0 aromatic heterocycles. The molecule has 1 atom stereocenters. The van der Waals surface area contributed by atoms with E-state index in [4.69, 9.17) is 11.6 Å². The third kappa shape index (κ3) is 6.58. The molecular weight excluding hydrogens is 475 g/mol. The molecule has 1 N–H and O–H groups in total. The normalized spacial score (nSPS) is 18.9. The number of allylic oxidation sites excluding steroid dienone is 1. The van der Waals surface area contributed by atoms with E-state index in [9.17, 15) is 18.0 Å². The number of likely N-dealkylation sites (tertiary alicyclic amines) is 1. The van der Waals surface area contributed by atoms with Crippen molar-refractivity contribution in [1.29, 1.82) is 0 Å². The van der Waals surface area contributed by atoms with E-state index in [-0.39, 0.29) is 22.8 Å². The van der Waals surface area contributed by atoms with Crippen LogP contribution in [-0.4, -0.2) is 48.1 Å². The molecule has 0 saturated carbocycles. The zero-order valence-corrected chi connectivity index (χ0v) is 20.6. The summed E-state index contributed by atoms with van der Waals surface area (Å²) < 4.78 is 39.9. The van der Waals surface area contributed by atoms with Gasteiger partial charge in [0, 0.05) is 24.8 Å². The average molecular weight is 506 g/mol. The number of urea groups is 1. The second-order valence-corrected chi connectivity index (χ2v) is 9.80. The summed E-state index contributed by atoms with van der Waals surface area (Å²) in [6.07, 6.45) is 2.28. The van der Waals surface area contributed by atoms with Crippen LogP contribution in [0.1, 0.15) is 48.8 Å². The van der Waals surface area contributed by atoms with E-state index in [1.165, 1.54) is 28.8 Å². The van der Waals surface area contributed by atoms with Crippen LogP contribution in [0.15, 0.2) is 48.5 Å². The molecule has 1 fully saturated rings. The Morgan fingerprint density at radius 3 is 2.49 bits per heavy atom. The number of benzene rings is 2. The first-order valence-corrected chi connectivity index (χ1v) is 12.5. The number of nitrogens with zero attached hydrogens (tertiary/aromatic N) is 2. The van der Waals surface area contributed by atoms with Gasteiger partial charge in [-0.25, -0.2) is 4.79 Å². The summed E-state index contributed by atoms with van der Waals surface area (Å²) in [5, 5.41) is 2.31. The van der Waals surface area contributed by atoms with Crippen LogP contribution in [-0.2, 0) is 6.18 Å². The lowest BCUT2D eigenvalue weighted by Crippen LogP contribution is -2.47. The topological polar surface area (TPSA) is 35.6 Å². The van der Waals surface area contributed by atoms with E-state index in [1.807, 2.05) is 0 Å². The third-order valence-corrected chi connectivity index (χ3v) is 7.22. The van der Waals surface area contributed by atoms with Crippen LogP contribution in [0.25, 0.3) is 5.57 Å². The second-order valence-electron chi connectivity index (χ2n) is 9.39. The van der Waals surface area contributed by atoms with E-state index in [1.54, 1.807) is 4.90 Å². The van der Waals surface area contributed by atoms with Gasteiger partial charge in [-0.05, 0) is 81.5 Å². The van der Waals surface area contributed by atoms with Crippen molar-refractivity contribution in [2.24, 2.45) is 0 Å². The van der Waals surface area contributed by atoms with Gasteiger partial charge < -0.3 is 15.1 Å². The van der Waals surface area contributed by atoms with Crippen molar-refractivity contribution in [2.75, 3.05) is 31.5 Å². The summed E-state index contributed by atoms with van der Waals surface area (Å²) in [6, 6.07) is 11.5. The van der Waals surface area contributed by atoms with Gasteiger partial charge >= 0.3 is 12.2 Å². The van der Waals surface area contributed by atoms with Gasteiger partial charge in [0.05, 0.1) is 10.6 Å². The summed E-state index contributed by atoms with van der Waals surface area (Å²) in [5.74, 6) is 0. The van der Waals surface area contributed by atoms with Crippen molar-refractivity contribution in [3.63, 3.8) is 0 Å². The molecule has 1 heterocycles. The van der Waals surface area contributed by atoms with Crippen molar-refractivity contribution < 1.29 is 18.0 Å². The highest BCUT2D eigenvalue weighted by Gasteiger charge is 2.34. The standard InChI is InChI=1S/C27H31ClF3N3O/c1-19-4-6-20(7-5-19)21-8-11-23(12-9-21)34(17-16-33-14-2-3-15-33)26(35)32-22-10-13-25(28)24(18-22)27(29,30)31/h4-8,10,13,18,23H,2-3,9,11-12,14-17H2,1H3,(H,32,35). The summed E-state index contributed by atoms with van der Waals surface area (Å²) in [5.41, 5.74) is 2.81. The lowest BCUT2D eigenvalue weighted by molar-refractivity contribution is -0.137. The Bertz CT molecular complexity index is 1060. The molecular formula is C27H31ClF3N3O. The zero-order valence-electron chi connectivity index (χ0n) is 19.9. The number of carbonyl (C=O) groups is 1. The molecule has 2 aromatic carbocycles. The Hall–Kier alpha value is -2.51. The molecule has 188 valence electrons. The Morgan fingerprint density at radius 1 is 1.14 bits per heavy atom. The highest BCUT2D eigenvalue weighted by atomic mass is 35.5. The fourth-order valence-corrected chi connectivity index (χ4v) is 5.08. The first-order chi connectivity index (χ1) is 16.7. The number of halogens is 4. The largest absolute Gasteiger partial charge is 0.417 e. The fraction of sp³-hybridized carbons (Fsp3) is 0.444. The molecule has 1 aliphatic carbocycles. The molecule has 0 radical (unpaired) electrons. The third-order valence-electron chi connectivity index (χ3n) is 6.89. The number of anilines is 1. The molecule has 2 aromatic rings. The number of aryl methyl sites for hydroxylation is 1. The summed E-state index contributed by atoms with van der Waals surface area (Å²) in [6.45, 7) is 5.38.